The second kappa shape index (κ2) is 10.6. The SMILES string of the molecule is NCc1cc(CCc2cc(Cl)cc(NC(=O)OCc3ccccc3)c2)cc(C(=O)O)c1. The molecule has 0 aliphatic heterocycles. The van der Waals surface area contributed by atoms with Gasteiger partial charge in [-0.2, -0.15) is 0 Å². The van der Waals surface area contributed by atoms with Crippen molar-refractivity contribution in [1.29, 1.82) is 0 Å². The number of amides is 1. The van der Waals surface area contributed by atoms with E-state index >= 15 is 0 Å². The number of ether oxygens (including phenoxy) is 1. The molecule has 31 heavy (non-hydrogen) atoms. The van der Waals surface area contributed by atoms with Gasteiger partial charge in [0.2, 0.25) is 0 Å². The molecule has 160 valence electrons. The Morgan fingerprint density at radius 3 is 2.26 bits per heavy atom. The lowest BCUT2D eigenvalue weighted by Crippen LogP contribution is -2.13. The Balaban J connectivity index is 1.64. The molecule has 1 amide bonds. The molecule has 0 saturated heterocycles. The predicted octanol–water partition coefficient (Wildman–Crippen LogP) is 5.03. The molecule has 0 heterocycles. The van der Waals surface area contributed by atoms with Crippen LogP contribution in [0, 0.1) is 0 Å². The van der Waals surface area contributed by atoms with Crippen molar-refractivity contribution in [3.05, 3.63) is 99.6 Å². The fourth-order valence-electron chi connectivity index (χ4n) is 3.18. The average molecular weight is 439 g/mol. The molecular weight excluding hydrogens is 416 g/mol. The first-order valence-electron chi connectivity index (χ1n) is 9.76. The highest BCUT2D eigenvalue weighted by Crippen LogP contribution is 2.21. The zero-order valence-corrected chi connectivity index (χ0v) is 17.6. The van der Waals surface area contributed by atoms with E-state index in [1.54, 1.807) is 18.2 Å². The van der Waals surface area contributed by atoms with E-state index < -0.39 is 12.1 Å². The summed E-state index contributed by atoms with van der Waals surface area (Å²) in [5.41, 5.74) is 9.86. The third-order valence-electron chi connectivity index (χ3n) is 4.65. The maximum absolute atomic E-state index is 12.1. The summed E-state index contributed by atoms with van der Waals surface area (Å²) in [5.74, 6) is -0.986. The normalized spacial score (nSPS) is 10.5. The largest absolute Gasteiger partial charge is 0.478 e. The van der Waals surface area contributed by atoms with Crippen LogP contribution in [0.15, 0.2) is 66.7 Å². The Bertz CT molecular complexity index is 1070. The van der Waals surface area contributed by atoms with Gasteiger partial charge in [0.1, 0.15) is 6.61 Å². The molecule has 0 fully saturated rings. The summed E-state index contributed by atoms with van der Waals surface area (Å²) >= 11 is 6.22. The van der Waals surface area contributed by atoms with Crippen molar-refractivity contribution in [2.75, 3.05) is 5.32 Å². The summed E-state index contributed by atoms with van der Waals surface area (Å²) in [4.78, 5) is 23.4. The van der Waals surface area contributed by atoms with Gasteiger partial charge in [0, 0.05) is 17.3 Å². The van der Waals surface area contributed by atoms with Crippen molar-refractivity contribution >= 4 is 29.4 Å². The van der Waals surface area contributed by atoms with Crippen LogP contribution in [0.5, 0.6) is 0 Å². The fraction of sp³-hybridized carbons (Fsp3) is 0.167. The molecule has 3 aromatic carbocycles. The maximum atomic E-state index is 12.1. The second-order valence-electron chi connectivity index (χ2n) is 7.08. The van der Waals surface area contributed by atoms with Gasteiger partial charge in [-0.05, 0) is 65.4 Å². The standard InChI is InChI=1S/C24H23ClN2O4/c25-21-11-18(7-6-17-8-19(14-26)10-20(9-17)23(28)29)12-22(13-21)27-24(30)31-15-16-4-2-1-3-5-16/h1-5,8-13H,6-7,14-15,26H2,(H,27,30)(H,28,29). The molecule has 4 N–H and O–H groups in total. The molecule has 7 heteroatoms. The number of anilines is 1. The number of halogens is 1. The van der Waals surface area contributed by atoms with Gasteiger partial charge in [0.05, 0.1) is 5.56 Å². The van der Waals surface area contributed by atoms with Crippen LogP contribution in [0.2, 0.25) is 5.02 Å². The molecule has 0 aliphatic carbocycles. The summed E-state index contributed by atoms with van der Waals surface area (Å²) in [6.45, 7) is 0.438. The van der Waals surface area contributed by atoms with Crippen molar-refractivity contribution in [3.8, 4) is 0 Å². The van der Waals surface area contributed by atoms with E-state index in [-0.39, 0.29) is 18.7 Å². The lowest BCUT2D eigenvalue weighted by molar-refractivity contribution is 0.0696. The van der Waals surface area contributed by atoms with Gasteiger partial charge in [-0.1, -0.05) is 48.0 Å². The van der Waals surface area contributed by atoms with Crippen LogP contribution in [0.3, 0.4) is 0 Å². The molecule has 6 nitrogen and oxygen atoms in total. The highest BCUT2D eigenvalue weighted by atomic mass is 35.5. The number of hydrogen-bond acceptors (Lipinski definition) is 4. The highest BCUT2D eigenvalue weighted by Gasteiger charge is 2.09. The van der Waals surface area contributed by atoms with E-state index in [0.29, 0.717) is 23.6 Å². The molecule has 0 saturated carbocycles. The Hall–Kier alpha value is -3.35. The highest BCUT2D eigenvalue weighted by molar-refractivity contribution is 6.31. The first-order valence-corrected chi connectivity index (χ1v) is 10.1. The number of nitrogens with one attached hydrogen (secondary N) is 1. The van der Waals surface area contributed by atoms with E-state index in [2.05, 4.69) is 5.32 Å². The topological polar surface area (TPSA) is 102 Å². The van der Waals surface area contributed by atoms with Gasteiger partial charge in [-0.25, -0.2) is 9.59 Å². The molecule has 0 bridgehead atoms. The molecule has 0 atom stereocenters. The van der Waals surface area contributed by atoms with Crippen molar-refractivity contribution in [2.45, 2.75) is 26.0 Å². The van der Waals surface area contributed by atoms with Gasteiger partial charge in [0.15, 0.2) is 0 Å². The minimum Gasteiger partial charge on any atom is -0.478 e. The summed E-state index contributed by atoms with van der Waals surface area (Å²) in [6, 6.07) is 19.8. The van der Waals surface area contributed by atoms with Gasteiger partial charge in [-0.15, -0.1) is 0 Å². The van der Waals surface area contributed by atoms with Crippen molar-refractivity contribution in [1.82, 2.24) is 0 Å². The van der Waals surface area contributed by atoms with Crippen LogP contribution in [0.1, 0.15) is 32.6 Å². The summed E-state index contributed by atoms with van der Waals surface area (Å²) in [5, 5.41) is 12.5. The monoisotopic (exact) mass is 438 g/mol. The number of benzene rings is 3. The number of carboxylic acid groups (broad SMARTS) is 1. The van der Waals surface area contributed by atoms with Gasteiger partial charge >= 0.3 is 12.1 Å². The van der Waals surface area contributed by atoms with Gasteiger partial charge in [0.25, 0.3) is 0 Å². The van der Waals surface area contributed by atoms with Crippen LogP contribution in [-0.4, -0.2) is 17.2 Å². The number of nitrogens with two attached hydrogens (primary N) is 1. The smallest absolute Gasteiger partial charge is 0.411 e. The number of carboxylic acids is 1. The minimum absolute atomic E-state index is 0.170. The van der Waals surface area contributed by atoms with Crippen molar-refractivity contribution < 1.29 is 19.4 Å². The molecular formula is C24H23ClN2O4. The number of aryl methyl sites for hydroxylation is 2. The molecule has 0 spiro atoms. The Morgan fingerprint density at radius 1 is 0.903 bits per heavy atom. The number of carbonyl (C=O) groups excluding carboxylic acids is 1. The Labute approximate surface area is 185 Å². The first-order chi connectivity index (χ1) is 14.9. The van der Waals surface area contributed by atoms with E-state index in [9.17, 15) is 14.7 Å². The zero-order valence-electron chi connectivity index (χ0n) is 16.8. The van der Waals surface area contributed by atoms with Crippen LogP contribution >= 0.6 is 11.6 Å². The third-order valence-corrected chi connectivity index (χ3v) is 4.87. The zero-order chi connectivity index (χ0) is 22.2. The minimum atomic E-state index is -0.986. The Kier molecular flexibility index (Phi) is 7.65. The third kappa shape index (κ3) is 6.84. The summed E-state index contributed by atoms with van der Waals surface area (Å²) < 4.78 is 5.24. The van der Waals surface area contributed by atoms with Gasteiger partial charge in [-0.3, -0.25) is 5.32 Å². The molecule has 3 rings (SSSR count). The number of carbonyl (C=O) groups is 2. The fourth-order valence-corrected chi connectivity index (χ4v) is 3.44. The van der Waals surface area contributed by atoms with E-state index in [1.807, 2.05) is 48.5 Å². The molecule has 3 aromatic rings. The van der Waals surface area contributed by atoms with Crippen molar-refractivity contribution in [2.24, 2.45) is 5.73 Å². The number of aromatic carboxylic acids is 1. The lowest BCUT2D eigenvalue weighted by Gasteiger charge is -2.11. The Morgan fingerprint density at radius 2 is 1.58 bits per heavy atom. The average Bonchev–Trinajstić information content (AvgIpc) is 2.76. The van der Waals surface area contributed by atoms with E-state index in [1.165, 1.54) is 0 Å². The van der Waals surface area contributed by atoms with Gasteiger partial charge < -0.3 is 15.6 Å². The van der Waals surface area contributed by atoms with E-state index in [0.717, 1.165) is 22.3 Å². The molecule has 0 aromatic heterocycles. The predicted molar refractivity (Wildman–Crippen MR) is 120 cm³/mol. The quantitative estimate of drug-likeness (QED) is 0.457. The first kappa shape index (κ1) is 22.3. The van der Waals surface area contributed by atoms with Crippen LogP contribution < -0.4 is 11.1 Å². The van der Waals surface area contributed by atoms with Crippen molar-refractivity contribution in [3.63, 3.8) is 0 Å². The molecule has 0 radical (unpaired) electrons. The van der Waals surface area contributed by atoms with Crippen LogP contribution in [0.25, 0.3) is 0 Å². The maximum Gasteiger partial charge on any atom is 0.411 e. The number of hydrogen-bond donors (Lipinski definition) is 3. The second-order valence-corrected chi connectivity index (χ2v) is 7.52. The lowest BCUT2D eigenvalue weighted by atomic mass is 9.99. The molecule has 0 aliphatic rings. The summed E-state index contributed by atoms with van der Waals surface area (Å²) in [6.07, 6.45) is 0.645. The van der Waals surface area contributed by atoms with Crippen LogP contribution in [-0.2, 0) is 30.7 Å². The summed E-state index contributed by atoms with van der Waals surface area (Å²) in [7, 11) is 0. The van der Waals surface area contributed by atoms with E-state index in [4.69, 9.17) is 22.1 Å². The number of rotatable bonds is 8. The molecule has 0 unspecified atom stereocenters. The van der Waals surface area contributed by atoms with Crippen LogP contribution in [0.4, 0.5) is 10.5 Å².